The van der Waals surface area contributed by atoms with Crippen LogP contribution in [-0.4, -0.2) is 25.0 Å². The highest BCUT2D eigenvalue weighted by molar-refractivity contribution is 5.95. The molecule has 0 fully saturated rings. The van der Waals surface area contributed by atoms with Crippen LogP contribution in [0.15, 0.2) is 48.5 Å². The van der Waals surface area contributed by atoms with E-state index in [4.69, 9.17) is 4.74 Å². The molecule has 0 heterocycles. The third kappa shape index (κ3) is 11.4. The number of nitrogens with one attached hydrogen (secondary N) is 3. The standard InChI is InChI=1S/C27H39N3O3/c1-3-5-7-8-10-19-33-25-17-15-22(16-18-25)28-21-27(32)30-24-13-11-12-23(20-24)29-26(31)14-9-6-4-2/h11-13,15-18,20,28H,3-10,14,19,21H2,1-2H3,(H,29,31)(H,30,32). The van der Waals surface area contributed by atoms with Crippen LogP contribution in [0.5, 0.6) is 5.75 Å². The summed E-state index contributed by atoms with van der Waals surface area (Å²) in [7, 11) is 0. The number of unbranched alkanes of at least 4 members (excludes halogenated alkanes) is 6. The van der Waals surface area contributed by atoms with E-state index in [1.54, 1.807) is 12.1 Å². The van der Waals surface area contributed by atoms with E-state index >= 15 is 0 Å². The lowest BCUT2D eigenvalue weighted by atomic mass is 10.2. The monoisotopic (exact) mass is 453 g/mol. The van der Waals surface area contributed by atoms with Crippen LogP contribution < -0.4 is 20.7 Å². The van der Waals surface area contributed by atoms with Gasteiger partial charge in [-0.15, -0.1) is 0 Å². The Bertz CT molecular complexity index is 837. The normalized spacial score (nSPS) is 10.5. The Balaban J connectivity index is 1.70. The van der Waals surface area contributed by atoms with Gasteiger partial charge in [0.25, 0.3) is 0 Å². The molecular formula is C27H39N3O3. The number of carbonyl (C=O) groups excluding carboxylic acids is 2. The Kier molecular flexibility index (Phi) is 12.5. The molecule has 0 aliphatic carbocycles. The minimum Gasteiger partial charge on any atom is -0.494 e. The van der Waals surface area contributed by atoms with Crippen LogP contribution >= 0.6 is 0 Å². The third-order valence-electron chi connectivity index (χ3n) is 5.26. The number of ether oxygens (including phenoxy) is 1. The molecule has 180 valence electrons. The Morgan fingerprint density at radius 2 is 1.36 bits per heavy atom. The summed E-state index contributed by atoms with van der Waals surface area (Å²) in [6.45, 7) is 5.20. The summed E-state index contributed by atoms with van der Waals surface area (Å²) in [6.07, 6.45) is 9.61. The second-order valence-electron chi connectivity index (χ2n) is 8.27. The van der Waals surface area contributed by atoms with E-state index in [0.29, 0.717) is 17.8 Å². The molecule has 0 saturated carbocycles. The first kappa shape index (κ1) is 26.2. The van der Waals surface area contributed by atoms with E-state index < -0.39 is 0 Å². The number of benzene rings is 2. The molecule has 0 aliphatic heterocycles. The summed E-state index contributed by atoms with van der Waals surface area (Å²) in [5.74, 6) is 0.681. The predicted octanol–water partition coefficient (Wildman–Crippen LogP) is 6.61. The first-order chi connectivity index (χ1) is 16.1. The Hall–Kier alpha value is -3.02. The van der Waals surface area contributed by atoms with Crippen molar-refractivity contribution in [2.24, 2.45) is 0 Å². The SMILES string of the molecule is CCCCCCCOc1ccc(NCC(=O)Nc2cccc(NC(=O)CCCCC)c2)cc1. The topological polar surface area (TPSA) is 79.5 Å². The van der Waals surface area contributed by atoms with Crippen molar-refractivity contribution in [2.75, 3.05) is 29.1 Å². The molecule has 0 saturated heterocycles. The van der Waals surface area contributed by atoms with Crippen LogP contribution in [0.25, 0.3) is 0 Å². The quantitative estimate of drug-likeness (QED) is 0.250. The summed E-state index contributed by atoms with van der Waals surface area (Å²) >= 11 is 0. The number of amides is 2. The van der Waals surface area contributed by atoms with Crippen LogP contribution in [0.4, 0.5) is 17.1 Å². The lowest BCUT2D eigenvalue weighted by Gasteiger charge is -2.11. The largest absolute Gasteiger partial charge is 0.494 e. The zero-order chi connectivity index (χ0) is 23.7. The van der Waals surface area contributed by atoms with Gasteiger partial charge in [0, 0.05) is 23.5 Å². The average molecular weight is 454 g/mol. The smallest absolute Gasteiger partial charge is 0.243 e. The van der Waals surface area contributed by atoms with E-state index in [-0.39, 0.29) is 18.4 Å². The highest BCUT2D eigenvalue weighted by Gasteiger charge is 2.06. The van der Waals surface area contributed by atoms with Crippen LogP contribution in [0.3, 0.4) is 0 Å². The van der Waals surface area contributed by atoms with Crippen LogP contribution in [-0.2, 0) is 9.59 Å². The van der Waals surface area contributed by atoms with Crippen molar-refractivity contribution in [1.29, 1.82) is 0 Å². The third-order valence-corrected chi connectivity index (χ3v) is 5.26. The summed E-state index contributed by atoms with van der Waals surface area (Å²) in [4.78, 5) is 24.3. The lowest BCUT2D eigenvalue weighted by Crippen LogP contribution is -2.21. The number of hydrogen-bond acceptors (Lipinski definition) is 4. The van der Waals surface area contributed by atoms with Crippen LogP contribution in [0.2, 0.25) is 0 Å². The van der Waals surface area contributed by atoms with Crippen molar-refractivity contribution >= 4 is 28.9 Å². The molecule has 0 bridgehead atoms. The number of anilines is 3. The summed E-state index contributed by atoms with van der Waals surface area (Å²) in [5.41, 5.74) is 2.19. The molecule has 6 heteroatoms. The maximum atomic E-state index is 12.3. The highest BCUT2D eigenvalue weighted by Crippen LogP contribution is 2.18. The van der Waals surface area contributed by atoms with Crippen LogP contribution in [0.1, 0.15) is 71.6 Å². The zero-order valence-corrected chi connectivity index (χ0v) is 20.1. The molecule has 2 rings (SSSR count). The number of rotatable bonds is 16. The molecule has 2 aromatic rings. The fourth-order valence-electron chi connectivity index (χ4n) is 3.39. The molecule has 33 heavy (non-hydrogen) atoms. The maximum Gasteiger partial charge on any atom is 0.243 e. The molecule has 0 aromatic heterocycles. The molecule has 0 spiro atoms. The predicted molar refractivity (Wildman–Crippen MR) is 137 cm³/mol. The van der Waals surface area contributed by atoms with Crippen molar-refractivity contribution in [3.8, 4) is 5.75 Å². The minimum absolute atomic E-state index is 0.00230. The van der Waals surface area contributed by atoms with Gasteiger partial charge in [-0.25, -0.2) is 0 Å². The van der Waals surface area contributed by atoms with Gasteiger partial charge in [0.2, 0.25) is 11.8 Å². The number of carbonyl (C=O) groups is 2. The second-order valence-corrected chi connectivity index (χ2v) is 8.27. The second kappa shape index (κ2) is 15.7. The van der Waals surface area contributed by atoms with Gasteiger partial charge in [0.1, 0.15) is 5.75 Å². The van der Waals surface area contributed by atoms with E-state index in [2.05, 4.69) is 29.8 Å². The van der Waals surface area contributed by atoms with Gasteiger partial charge >= 0.3 is 0 Å². The minimum atomic E-state index is -0.158. The lowest BCUT2D eigenvalue weighted by molar-refractivity contribution is -0.116. The van der Waals surface area contributed by atoms with Crippen LogP contribution in [0, 0.1) is 0 Å². The fourth-order valence-corrected chi connectivity index (χ4v) is 3.39. The summed E-state index contributed by atoms with van der Waals surface area (Å²) in [5, 5.41) is 8.87. The van der Waals surface area contributed by atoms with Crippen molar-refractivity contribution in [3.05, 3.63) is 48.5 Å². The Labute approximate surface area is 198 Å². The van der Waals surface area contributed by atoms with Crippen molar-refractivity contribution in [1.82, 2.24) is 0 Å². The number of hydrogen-bond donors (Lipinski definition) is 3. The van der Waals surface area contributed by atoms with Gasteiger partial charge in [-0.1, -0.05) is 58.4 Å². The van der Waals surface area contributed by atoms with Crippen molar-refractivity contribution in [2.45, 2.75) is 71.6 Å². The summed E-state index contributed by atoms with van der Waals surface area (Å²) < 4.78 is 5.77. The Morgan fingerprint density at radius 3 is 2.06 bits per heavy atom. The zero-order valence-electron chi connectivity index (χ0n) is 20.1. The summed E-state index contributed by atoms with van der Waals surface area (Å²) in [6, 6.07) is 14.9. The first-order valence-electron chi connectivity index (χ1n) is 12.3. The molecule has 0 atom stereocenters. The van der Waals surface area contributed by atoms with E-state index in [9.17, 15) is 9.59 Å². The molecule has 6 nitrogen and oxygen atoms in total. The van der Waals surface area contributed by atoms with E-state index in [0.717, 1.165) is 43.7 Å². The van der Waals surface area contributed by atoms with E-state index in [1.807, 2.05) is 36.4 Å². The average Bonchev–Trinajstić information content (AvgIpc) is 2.81. The van der Waals surface area contributed by atoms with Gasteiger partial charge < -0.3 is 20.7 Å². The van der Waals surface area contributed by atoms with Crippen molar-refractivity contribution < 1.29 is 14.3 Å². The Morgan fingerprint density at radius 1 is 0.727 bits per heavy atom. The fraction of sp³-hybridized carbons (Fsp3) is 0.481. The highest BCUT2D eigenvalue weighted by atomic mass is 16.5. The maximum absolute atomic E-state index is 12.3. The molecule has 0 aliphatic rings. The molecular weight excluding hydrogens is 414 g/mol. The molecule has 3 N–H and O–H groups in total. The molecule has 2 aromatic carbocycles. The van der Waals surface area contributed by atoms with Gasteiger partial charge in [-0.2, -0.15) is 0 Å². The van der Waals surface area contributed by atoms with Crippen molar-refractivity contribution in [3.63, 3.8) is 0 Å². The van der Waals surface area contributed by atoms with Gasteiger partial charge in [-0.3, -0.25) is 9.59 Å². The first-order valence-corrected chi connectivity index (χ1v) is 12.3. The van der Waals surface area contributed by atoms with Gasteiger partial charge in [-0.05, 0) is 55.3 Å². The molecule has 0 unspecified atom stereocenters. The molecule has 0 radical (unpaired) electrons. The molecule has 2 amide bonds. The van der Waals surface area contributed by atoms with E-state index in [1.165, 1.54) is 25.7 Å². The van der Waals surface area contributed by atoms with Gasteiger partial charge in [0.05, 0.1) is 13.2 Å². The van der Waals surface area contributed by atoms with Gasteiger partial charge in [0.15, 0.2) is 0 Å².